The maximum Gasteiger partial charge on any atom is 0.251 e. The van der Waals surface area contributed by atoms with Gasteiger partial charge in [-0.1, -0.05) is 12.2 Å². The van der Waals surface area contributed by atoms with E-state index in [1.54, 1.807) is 6.20 Å². The van der Waals surface area contributed by atoms with Crippen molar-refractivity contribution in [2.45, 2.75) is 44.2 Å². The Labute approximate surface area is 165 Å². The van der Waals surface area contributed by atoms with Crippen molar-refractivity contribution in [3.8, 4) is 0 Å². The minimum Gasteiger partial charge on any atom is -0.393 e. The topological polar surface area (TPSA) is 99.6 Å². The number of ether oxygens (including phenoxy) is 1. The Morgan fingerprint density at radius 1 is 1.36 bits per heavy atom. The molecule has 0 saturated heterocycles. The zero-order valence-electron chi connectivity index (χ0n) is 16.5. The van der Waals surface area contributed by atoms with Crippen molar-refractivity contribution in [3.63, 3.8) is 0 Å². The van der Waals surface area contributed by atoms with Crippen molar-refractivity contribution in [3.05, 3.63) is 35.9 Å². The Morgan fingerprint density at radius 3 is 2.89 bits per heavy atom. The van der Waals surface area contributed by atoms with Gasteiger partial charge in [0.1, 0.15) is 12.4 Å². The number of allylic oxidation sites excluding steroid dienone is 2. The van der Waals surface area contributed by atoms with Crippen LogP contribution in [0.4, 0.5) is 5.95 Å². The summed E-state index contributed by atoms with van der Waals surface area (Å²) in [7, 11) is 3.45. The highest BCUT2D eigenvalue weighted by molar-refractivity contribution is 5.83. The molecular weight excluding hydrogens is 358 g/mol. The molecule has 1 aromatic heterocycles. The van der Waals surface area contributed by atoms with Crippen LogP contribution < -0.4 is 10.6 Å². The number of aliphatic hydroxyl groups excluding tert-OH is 1. The van der Waals surface area contributed by atoms with Crippen LogP contribution in [0.2, 0.25) is 0 Å². The SMILES string of the molecule is COCC(=O)NC1=C(c2ccnc(NC3CCC(O)CC3)n2)C=CCCN1C. The molecule has 0 spiro atoms. The van der Waals surface area contributed by atoms with E-state index in [9.17, 15) is 9.90 Å². The van der Waals surface area contributed by atoms with Crippen molar-refractivity contribution in [1.29, 1.82) is 0 Å². The number of amides is 1. The monoisotopic (exact) mass is 387 g/mol. The second-order valence-electron chi connectivity index (χ2n) is 7.27. The van der Waals surface area contributed by atoms with Gasteiger partial charge in [-0.2, -0.15) is 0 Å². The second-order valence-corrected chi connectivity index (χ2v) is 7.27. The van der Waals surface area contributed by atoms with E-state index in [1.807, 2.05) is 24.1 Å². The molecule has 1 amide bonds. The van der Waals surface area contributed by atoms with Crippen LogP contribution in [-0.2, 0) is 9.53 Å². The molecule has 3 N–H and O–H groups in total. The van der Waals surface area contributed by atoms with Crippen LogP contribution >= 0.6 is 0 Å². The largest absolute Gasteiger partial charge is 0.393 e. The summed E-state index contributed by atoms with van der Waals surface area (Å²) in [4.78, 5) is 23.2. The summed E-state index contributed by atoms with van der Waals surface area (Å²) in [6, 6.07) is 2.11. The maximum atomic E-state index is 12.1. The van der Waals surface area contributed by atoms with E-state index in [2.05, 4.69) is 26.7 Å². The summed E-state index contributed by atoms with van der Waals surface area (Å²) in [5.74, 6) is 1.07. The lowest BCUT2D eigenvalue weighted by molar-refractivity contribution is -0.124. The fourth-order valence-electron chi connectivity index (χ4n) is 3.52. The lowest BCUT2D eigenvalue weighted by atomic mass is 9.93. The molecule has 8 heteroatoms. The number of hydrogen-bond acceptors (Lipinski definition) is 7. The highest BCUT2D eigenvalue weighted by Gasteiger charge is 2.21. The minimum absolute atomic E-state index is 0.00154. The third-order valence-electron chi connectivity index (χ3n) is 5.05. The Bertz CT molecular complexity index is 741. The van der Waals surface area contributed by atoms with Gasteiger partial charge in [-0.3, -0.25) is 4.79 Å². The lowest BCUT2D eigenvalue weighted by Crippen LogP contribution is -2.36. The van der Waals surface area contributed by atoms with Crippen molar-refractivity contribution >= 4 is 17.4 Å². The molecule has 0 bridgehead atoms. The molecule has 0 aromatic carbocycles. The van der Waals surface area contributed by atoms with E-state index in [1.165, 1.54) is 7.11 Å². The standard InChI is InChI=1S/C20H29N5O3/c1-25-12-4-3-5-16(19(25)24-18(27)13-28-2)17-10-11-21-20(23-17)22-14-6-8-15(26)9-7-14/h3,5,10-11,14-15,26H,4,6-9,12-13H2,1-2H3,(H,24,27)(H,21,22,23). The van der Waals surface area contributed by atoms with Gasteiger partial charge in [0.05, 0.1) is 11.8 Å². The van der Waals surface area contributed by atoms with Crippen molar-refractivity contribution in [2.75, 3.05) is 32.6 Å². The van der Waals surface area contributed by atoms with Gasteiger partial charge in [-0.15, -0.1) is 0 Å². The first kappa shape index (κ1) is 20.3. The molecule has 2 heterocycles. The number of aromatic nitrogens is 2. The van der Waals surface area contributed by atoms with E-state index in [-0.39, 0.29) is 24.7 Å². The van der Waals surface area contributed by atoms with Gasteiger partial charge in [0, 0.05) is 38.5 Å². The van der Waals surface area contributed by atoms with E-state index >= 15 is 0 Å². The van der Waals surface area contributed by atoms with Gasteiger partial charge in [0.2, 0.25) is 5.95 Å². The summed E-state index contributed by atoms with van der Waals surface area (Å²) in [5, 5.41) is 16.0. The second kappa shape index (κ2) is 9.66. The van der Waals surface area contributed by atoms with Crippen LogP contribution in [0, 0.1) is 0 Å². The third-order valence-corrected chi connectivity index (χ3v) is 5.05. The molecule has 0 atom stereocenters. The quantitative estimate of drug-likeness (QED) is 0.680. The normalized spacial score (nSPS) is 22.8. The molecule has 1 aliphatic carbocycles. The van der Waals surface area contributed by atoms with Gasteiger partial charge < -0.3 is 25.4 Å². The van der Waals surface area contributed by atoms with Crippen molar-refractivity contribution in [2.24, 2.45) is 0 Å². The summed E-state index contributed by atoms with van der Waals surface area (Å²) in [6.45, 7) is 0.793. The molecule has 152 valence electrons. The van der Waals surface area contributed by atoms with Gasteiger partial charge >= 0.3 is 0 Å². The number of hydrogen-bond donors (Lipinski definition) is 3. The summed E-state index contributed by atoms with van der Waals surface area (Å²) in [5.41, 5.74) is 1.58. The number of aliphatic hydroxyl groups is 1. The summed E-state index contributed by atoms with van der Waals surface area (Å²) in [6.07, 6.45) is 9.88. The molecule has 1 aliphatic heterocycles. The molecule has 0 unspecified atom stereocenters. The van der Waals surface area contributed by atoms with Crippen molar-refractivity contribution in [1.82, 2.24) is 20.2 Å². The highest BCUT2D eigenvalue weighted by Crippen LogP contribution is 2.24. The fraction of sp³-hybridized carbons (Fsp3) is 0.550. The predicted molar refractivity (Wildman–Crippen MR) is 107 cm³/mol. The Balaban J connectivity index is 1.84. The molecule has 2 aliphatic rings. The number of carbonyl (C=O) groups is 1. The molecule has 3 rings (SSSR count). The summed E-state index contributed by atoms with van der Waals surface area (Å²) < 4.78 is 4.94. The molecule has 8 nitrogen and oxygen atoms in total. The number of methoxy groups -OCH3 is 1. The van der Waals surface area contributed by atoms with Crippen LogP contribution in [0.3, 0.4) is 0 Å². The van der Waals surface area contributed by atoms with Crippen molar-refractivity contribution < 1.29 is 14.6 Å². The van der Waals surface area contributed by atoms with E-state index < -0.39 is 0 Å². The van der Waals surface area contributed by atoms with Crippen LogP contribution in [-0.4, -0.2) is 65.3 Å². The van der Waals surface area contributed by atoms with Gasteiger partial charge in [-0.05, 0) is 38.2 Å². The third kappa shape index (κ3) is 5.30. The first-order chi connectivity index (χ1) is 13.6. The first-order valence-electron chi connectivity index (χ1n) is 9.75. The van der Waals surface area contributed by atoms with Gasteiger partial charge in [0.15, 0.2) is 0 Å². The molecule has 1 aromatic rings. The number of rotatable bonds is 6. The van der Waals surface area contributed by atoms with E-state index in [4.69, 9.17) is 4.74 Å². The minimum atomic E-state index is -0.203. The number of anilines is 1. The average molecular weight is 387 g/mol. The van der Waals surface area contributed by atoms with Crippen LogP contribution in [0.15, 0.2) is 30.2 Å². The smallest absolute Gasteiger partial charge is 0.251 e. The van der Waals surface area contributed by atoms with Gasteiger partial charge in [0.25, 0.3) is 5.91 Å². The number of nitrogens with zero attached hydrogens (tertiary/aromatic N) is 3. The van der Waals surface area contributed by atoms with Crippen LogP contribution in [0.1, 0.15) is 37.8 Å². The maximum absolute atomic E-state index is 12.1. The number of carbonyl (C=O) groups excluding carboxylic acids is 1. The average Bonchev–Trinajstić information content (AvgIpc) is 2.86. The Morgan fingerprint density at radius 2 is 2.14 bits per heavy atom. The van der Waals surface area contributed by atoms with E-state index in [0.29, 0.717) is 11.8 Å². The highest BCUT2D eigenvalue weighted by atomic mass is 16.5. The van der Waals surface area contributed by atoms with E-state index in [0.717, 1.165) is 49.9 Å². The molecule has 1 saturated carbocycles. The zero-order chi connectivity index (χ0) is 19.9. The Hall–Kier alpha value is -2.45. The zero-order valence-corrected chi connectivity index (χ0v) is 16.5. The number of nitrogens with one attached hydrogen (secondary N) is 2. The predicted octanol–water partition coefficient (Wildman–Crippen LogP) is 1.51. The van der Waals surface area contributed by atoms with Crippen LogP contribution in [0.5, 0.6) is 0 Å². The lowest BCUT2D eigenvalue weighted by Gasteiger charge is -2.26. The molecular formula is C20H29N5O3. The Kier molecular flexibility index (Phi) is 7.00. The summed E-state index contributed by atoms with van der Waals surface area (Å²) >= 11 is 0. The first-order valence-corrected chi connectivity index (χ1v) is 9.75. The molecule has 28 heavy (non-hydrogen) atoms. The molecule has 1 fully saturated rings. The fourth-order valence-corrected chi connectivity index (χ4v) is 3.52. The molecule has 0 radical (unpaired) electrons. The van der Waals surface area contributed by atoms with Gasteiger partial charge in [-0.25, -0.2) is 9.97 Å². The van der Waals surface area contributed by atoms with Crippen LogP contribution in [0.25, 0.3) is 5.57 Å².